The van der Waals surface area contributed by atoms with E-state index in [0.717, 1.165) is 0 Å². The minimum atomic E-state index is -0.400. The highest BCUT2D eigenvalue weighted by Gasteiger charge is 2.26. The molecule has 1 unspecified atom stereocenters. The van der Waals surface area contributed by atoms with E-state index >= 15 is 0 Å². The van der Waals surface area contributed by atoms with Crippen LogP contribution in [0.3, 0.4) is 0 Å². The second-order valence-corrected chi connectivity index (χ2v) is 4.89. The van der Waals surface area contributed by atoms with E-state index in [2.05, 4.69) is 5.32 Å². The molecule has 1 aliphatic rings. The third-order valence-electron chi connectivity index (χ3n) is 3.43. The van der Waals surface area contributed by atoms with Gasteiger partial charge in [0.1, 0.15) is 11.9 Å². The summed E-state index contributed by atoms with van der Waals surface area (Å²) in [6.07, 6.45) is -0.400. The molecule has 1 fully saturated rings. The molecule has 1 aromatic carbocycles. The van der Waals surface area contributed by atoms with Gasteiger partial charge in [0.2, 0.25) is 5.91 Å². The van der Waals surface area contributed by atoms with Gasteiger partial charge in [-0.05, 0) is 6.07 Å². The predicted molar refractivity (Wildman–Crippen MR) is 76.4 cm³/mol. The Bertz CT molecular complexity index is 470. The van der Waals surface area contributed by atoms with Gasteiger partial charge in [-0.1, -0.05) is 18.2 Å². The van der Waals surface area contributed by atoms with Gasteiger partial charge in [-0.3, -0.25) is 4.79 Å². The van der Waals surface area contributed by atoms with E-state index in [1.54, 1.807) is 30.2 Å². The molecule has 1 atom stereocenters. The van der Waals surface area contributed by atoms with Crippen molar-refractivity contribution < 1.29 is 18.7 Å². The molecule has 1 amide bonds. The monoisotopic (exact) mass is 296 g/mol. The zero-order valence-electron chi connectivity index (χ0n) is 12.2. The van der Waals surface area contributed by atoms with Crippen LogP contribution in [0.5, 0.6) is 0 Å². The Morgan fingerprint density at radius 1 is 1.52 bits per heavy atom. The molecule has 5 nitrogen and oxygen atoms in total. The number of ether oxygens (including phenoxy) is 2. The molecule has 0 aromatic heterocycles. The van der Waals surface area contributed by atoms with Crippen molar-refractivity contribution in [2.45, 2.75) is 6.10 Å². The highest BCUT2D eigenvalue weighted by molar-refractivity contribution is 5.78. The van der Waals surface area contributed by atoms with E-state index in [4.69, 9.17) is 9.47 Å². The number of amides is 1. The fraction of sp³-hybridized carbons (Fsp3) is 0.533. The van der Waals surface area contributed by atoms with Crippen LogP contribution < -0.4 is 5.32 Å². The third kappa shape index (κ3) is 4.49. The van der Waals surface area contributed by atoms with Gasteiger partial charge in [-0.25, -0.2) is 4.39 Å². The number of morpholine rings is 1. The van der Waals surface area contributed by atoms with Crippen LogP contribution in [0.4, 0.5) is 4.39 Å². The lowest BCUT2D eigenvalue weighted by Crippen LogP contribution is -2.46. The molecule has 116 valence electrons. The number of nitrogens with one attached hydrogen (secondary N) is 1. The maximum Gasteiger partial charge on any atom is 0.236 e. The fourth-order valence-corrected chi connectivity index (χ4v) is 2.28. The Kier molecular flexibility index (Phi) is 6.10. The average molecular weight is 296 g/mol. The van der Waals surface area contributed by atoms with E-state index in [0.29, 0.717) is 38.4 Å². The molecule has 2 rings (SSSR count). The van der Waals surface area contributed by atoms with Crippen LogP contribution in [0.1, 0.15) is 11.7 Å². The normalized spacial score (nSPS) is 18.8. The van der Waals surface area contributed by atoms with Crippen LogP contribution in [0, 0.1) is 5.82 Å². The fourth-order valence-electron chi connectivity index (χ4n) is 2.28. The Morgan fingerprint density at radius 2 is 2.33 bits per heavy atom. The highest BCUT2D eigenvalue weighted by atomic mass is 19.1. The van der Waals surface area contributed by atoms with Crippen LogP contribution in [-0.4, -0.2) is 57.3 Å². The predicted octanol–water partition coefficient (Wildman–Crippen LogP) is 0.962. The summed E-state index contributed by atoms with van der Waals surface area (Å²) in [5.74, 6) is -0.300. The van der Waals surface area contributed by atoms with E-state index in [1.165, 1.54) is 6.07 Å². The van der Waals surface area contributed by atoms with Crippen LogP contribution in [0.15, 0.2) is 24.3 Å². The lowest BCUT2D eigenvalue weighted by atomic mass is 10.1. The summed E-state index contributed by atoms with van der Waals surface area (Å²) in [7, 11) is 1.62. The second-order valence-electron chi connectivity index (χ2n) is 4.89. The largest absolute Gasteiger partial charge is 0.383 e. The molecular weight excluding hydrogens is 275 g/mol. The molecule has 0 saturated carbocycles. The van der Waals surface area contributed by atoms with Gasteiger partial charge in [0, 0.05) is 25.8 Å². The topological polar surface area (TPSA) is 50.8 Å². The van der Waals surface area contributed by atoms with Gasteiger partial charge < -0.3 is 19.7 Å². The molecule has 21 heavy (non-hydrogen) atoms. The van der Waals surface area contributed by atoms with E-state index in [1.807, 2.05) is 0 Å². The van der Waals surface area contributed by atoms with Crippen molar-refractivity contribution in [3.05, 3.63) is 35.6 Å². The molecule has 1 aliphatic heterocycles. The van der Waals surface area contributed by atoms with Crippen molar-refractivity contribution in [1.29, 1.82) is 0 Å². The third-order valence-corrected chi connectivity index (χ3v) is 3.43. The SMILES string of the molecule is COCCNCC(=O)N1CCOC(c2ccccc2F)C1. The number of rotatable bonds is 6. The van der Waals surface area contributed by atoms with Crippen LogP contribution in [0.25, 0.3) is 0 Å². The number of carbonyl (C=O) groups excluding carboxylic acids is 1. The first-order chi connectivity index (χ1) is 10.2. The minimum Gasteiger partial charge on any atom is -0.383 e. The number of hydrogen-bond donors (Lipinski definition) is 1. The standard InChI is InChI=1S/C15H21FN2O3/c1-20-8-6-17-10-15(19)18-7-9-21-14(11-18)12-4-2-3-5-13(12)16/h2-5,14,17H,6-11H2,1H3. The molecule has 0 spiro atoms. The van der Waals surface area contributed by atoms with E-state index in [-0.39, 0.29) is 18.3 Å². The summed E-state index contributed by atoms with van der Waals surface area (Å²) in [5, 5.41) is 3.02. The van der Waals surface area contributed by atoms with Gasteiger partial charge in [-0.15, -0.1) is 0 Å². The maximum atomic E-state index is 13.8. The summed E-state index contributed by atoms with van der Waals surface area (Å²) in [5.41, 5.74) is 0.502. The molecule has 0 aliphatic carbocycles. The first kappa shape index (κ1) is 15.9. The smallest absolute Gasteiger partial charge is 0.236 e. The maximum absolute atomic E-state index is 13.8. The Labute approximate surface area is 124 Å². The zero-order valence-corrected chi connectivity index (χ0v) is 12.2. The summed E-state index contributed by atoms with van der Waals surface area (Å²) in [6, 6.07) is 6.52. The Morgan fingerprint density at radius 3 is 3.10 bits per heavy atom. The van der Waals surface area contributed by atoms with E-state index < -0.39 is 6.10 Å². The quantitative estimate of drug-likeness (QED) is 0.795. The van der Waals surface area contributed by atoms with E-state index in [9.17, 15) is 9.18 Å². The Hall–Kier alpha value is -1.50. The van der Waals surface area contributed by atoms with Crippen molar-refractivity contribution in [2.75, 3.05) is 46.5 Å². The van der Waals surface area contributed by atoms with Crippen molar-refractivity contribution >= 4 is 5.91 Å². The molecular formula is C15H21FN2O3. The number of halogens is 1. The van der Waals surface area contributed by atoms with Crippen molar-refractivity contribution in [2.24, 2.45) is 0 Å². The second kappa shape index (κ2) is 8.07. The molecule has 1 N–H and O–H groups in total. The van der Waals surface area contributed by atoms with Gasteiger partial charge >= 0.3 is 0 Å². The number of benzene rings is 1. The molecule has 1 saturated heterocycles. The molecule has 0 radical (unpaired) electrons. The average Bonchev–Trinajstić information content (AvgIpc) is 2.52. The van der Waals surface area contributed by atoms with Crippen LogP contribution >= 0.6 is 0 Å². The minimum absolute atomic E-state index is 0.00394. The summed E-state index contributed by atoms with van der Waals surface area (Å²) >= 11 is 0. The molecule has 1 aromatic rings. The summed E-state index contributed by atoms with van der Waals surface area (Å²) < 4.78 is 24.3. The summed E-state index contributed by atoms with van der Waals surface area (Å²) in [6.45, 7) is 2.79. The lowest BCUT2D eigenvalue weighted by Gasteiger charge is -2.33. The first-order valence-electron chi connectivity index (χ1n) is 7.06. The van der Waals surface area contributed by atoms with Gasteiger partial charge in [0.05, 0.1) is 26.3 Å². The van der Waals surface area contributed by atoms with Crippen molar-refractivity contribution in [3.63, 3.8) is 0 Å². The number of hydrogen-bond acceptors (Lipinski definition) is 4. The number of nitrogens with zero attached hydrogens (tertiary/aromatic N) is 1. The number of carbonyl (C=O) groups is 1. The lowest BCUT2D eigenvalue weighted by molar-refractivity contribution is -0.138. The van der Waals surface area contributed by atoms with Crippen molar-refractivity contribution in [3.8, 4) is 0 Å². The van der Waals surface area contributed by atoms with Gasteiger partial charge in [0.15, 0.2) is 0 Å². The van der Waals surface area contributed by atoms with Gasteiger partial charge in [-0.2, -0.15) is 0 Å². The van der Waals surface area contributed by atoms with Gasteiger partial charge in [0.25, 0.3) is 0 Å². The highest BCUT2D eigenvalue weighted by Crippen LogP contribution is 2.24. The summed E-state index contributed by atoms with van der Waals surface area (Å²) in [4.78, 5) is 13.8. The first-order valence-corrected chi connectivity index (χ1v) is 7.06. The number of methoxy groups -OCH3 is 1. The van der Waals surface area contributed by atoms with Crippen LogP contribution in [-0.2, 0) is 14.3 Å². The molecule has 6 heteroatoms. The Balaban J connectivity index is 1.88. The van der Waals surface area contributed by atoms with Crippen molar-refractivity contribution in [1.82, 2.24) is 10.2 Å². The zero-order chi connectivity index (χ0) is 15.1. The molecule has 0 bridgehead atoms. The van der Waals surface area contributed by atoms with Crippen LogP contribution in [0.2, 0.25) is 0 Å². The molecule has 1 heterocycles.